The van der Waals surface area contributed by atoms with Crippen molar-refractivity contribution < 1.29 is 18.7 Å². The molecule has 1 amide bonds. The van der Waals surface area contributed by atoms with E-state index in [1.54, 1.807) is 18.2 Å². The average Bonchev–Trinajstić information content (AvgIpc) is 3.26. The fourth-order valence-corrected chi connectivity index (χ4v) is 2.99. The van der Waals surface area contributed by atoms with Gasteiger partial charge >= 0.3 is 5.76 Å². The number of ether oxygens (including phenoxy) is 2. The van der Waals surface area contributed by atoms with Gasteiger partial charge in [0.25, 0.3) is 5.89 Å². The predicted octanol–water partition coefficient (Wildman–Crippen LogP) is 2.53. The molecule has 8 nitrogen and oxygen atoms in total. The number of amides is 1. The zero-order valence-electron chi connectivity index (χ0n) is 14.4. The van der Waals surface area contributed by atoms with E-state index < -0.39 is 11.7 Å². The Labute approximate surface area is 153 Å². The molecule has 3 rings (SSSR count). The Bertz CT molecular complexity index is 975. The molecule has 3 aromatic rings. The highest BCUT2D eigenvalue weighted by molar-refractivity contribution is 7.13. The number of benzene rings is 1. The number of thiophene rings is 1. The number of nitrogens with zero attached hydrogens (tertiary/aromatic N) is 2. The summed E-state index contributed by atoms with van der Waals surface area (Å²) in [5.74, 6) is 0.157. The zero-order chi connectivity index (χ0) is 18.7. The number of methoxy groups -OCH3 is 2. The van der Waals surface area contributed by atoms with Gasteiger partial charge in [0.1, 0.15) is 6.54 Å². The van der Waals surface area contributed by atoms with Gasteiger partial charge in [-0.3, -0.25) is 4.79 Å². The summed E-state index contributed by atoms with van der Waals surface area (Å²) in [6, 6.07) is 7.03. The van der Waals surface area contributed by atoms with Crippen LogP contribution in [0.5, 0.6) is 11.5 Å². The molecule has 0 bridgehead atoms. The minimum absolute atomic E-state index is 0.195. The van der Waals surface area contributed by atoms with Crippen LogP contribution in [0.4, 0.5) is 5.69 Å². The minimum Gasteiger partial charge on any atom is -0.493 e. The first kappa shape index (κ1) is 17.7. The maximum atomic E-state index is 12.3. The van der Waals surface area contributed by atoms with Gasteiger partial charge in [0.15, 0.2) is 11.5 Å². The molecule has 0 aliphatic carbocycles. The second-order valence-corrected chi connectivity index (χ2v) is 6.33. The number of rotatable bonds is 6. The molecule has 2 heterocycles. The third-order valence-electron chi connectivity index (χ3n) is 3.64. The molecule has 9 heteroatoms. The van der Waals surface area contributed by atoms with Crippen LogP contribution in [-0.4, -0.2) is 29.9 Å². The van der Waals surface area contributed by atoms with E-state index in [1.807, 2.05) is 18.4 Å². The lowest BCUT2D eigenvalue weighted by molar-refractivity contribution is -0.117. The van der Waals surface area contributed by atoms with Gasteiger partial charge in [-0.1, -0.05) is 6.07 Å². The van der Waals surface area contributed by atoms with Gasteiger partial charge in [-0.05, 0) is 30.0 Å². The molecule has 0 unspecified atom stereocenters. The highest BCUT2D eigenvalue weighted by atomic mass is 32.1. The number of carbonyl (C=O) groups is 1. The van der Waals surface area contributed by atoms with Crippen molar-refractivity contribution in [2.24, 2.45) is 0 Å². The molecule has 0 aliphatic rings. The molecule has 0 fully saturated rings. The first-order chi connectivity index (χ1) is 12.5. The van der Waals surface area contributed by atoms with E-state index >= 15 is 0 Å². The summed E-state index contributed by atoms with van der Waals surface area (Å²) in [6.07, 6.45) is 0. The number of nitrogens with one attached hydrogen (secondary N) is 1. The van der Waals surface area contributed by atoms with Crippen LogP contribution in [-0.2, 0) is 11.3 Å². The van der Waals surface area contributed by atoms with Crippen LogP contribution >= 0.6 is 11.3 Å². The van der Waals surface area contributed by atoms with Crippen LogP contribution < -0.4 is 20.5 Å². The van der Waals surface area contributed by atoms with Gasteiger partial charge in [0, 0.05) is 11.8 Å². The first-order valence-electron chi connectivity index (χ1n) is 7.66. The van der Waals surface area contributed by atoms with Crippen molar-refractivity contribution in [2.75, 3.05) is 19.5 Å². The molecule has 0 radical (unpaired) electrons. The molecule has 0 saturated carbocycles. The summed E-state index contributed by atoms with van der Waals surface area (Å²) >= 11 is 1.39. The average molecular weight is 375 g/mol. The quantitative estimate of drug-likeness (QED) is 0.711. The zero-order valence-corrected chi connectivity index (χ0v) is 15.3. The fourth-order valence-electron chi connectivity index (χ4n) is 2.35. The molecule has 2 aromatic heterocycles. The summed E-state index contributed by atoms with van der Waals surface area (Å²) in [5.41, 5.74) is 1.35. The van der Waals surface area contributed by atoms with Crippen LogP contribution in [0.1, 0.15) is 5.56 Å². The number of aromatic nitrogens is 2. The van der Waals surface area contributed by atoms with Crippen molar-refractivity contribution in [3.63, 3.8) is 0 Å². The Morgan fingerprint density at radius 3 is 2.69 bits per heavy atom. The van der Waals surface area contributed by atoms with Gasteiger partial charge in [-0.2, -0.15) is 4.68 Å². The Morgan fingerprint density at radius 1 is 1.31 bits per heavy atom. The Kier molecular flexibility index (Phi) is 5.08. The third-order valence-corrected chi connectivity index (χ3v) is 4.49. The van der Waals surface area contributed by atoms with E-state index in [9.17, 15) is 9.59 Å². The fraction of sp³-hybridized carbons (Fsp3) is 0.235. The lowest BCUT2D eigenvalue weighted by Gasteiger charge is -2.13. The van der Waals surface area contributed by atoms with Crippen molar-refractivity contribution in [1.29, 1.82) is 0 Å². The number of hydrogen-bond donors (Lipinski definition) is 1. The lowest BCUT2D eigenvalue weighted by atomic mass is 10.1. The summed E-state index contributed by atoms with van der Waals surface area (Å²) in [4.78, 5) is 24.9. The molecule has 0 spiro atoms. The molecule has 0 atom stereocenters. The maximum absolute atomic E-state index is 12.3. The lowest BCUT2D eigenvalue weighted by Crippen LogP contribution is -2.26. The van der Waals surface area contributed by atoms with Crippen LogP contribution in [0.3, 0.4) is 0 Å². The van der Waals surface area contributed by atoms with Crippen LogP contribution in [0.15, 0.2) is 38.9 Å². The van der Waals surface area contributed by atoms with E-state index in [2.05, 4.69) is 10.4 Å². The van der Waals surface area contributed by atoms with Crippen molar-refractivity contribution in [1.82, 2.24) is 9.78 Å². The highest BCUT2D eigenvalue weighted by Crippen LogP contribution is 2.32. The van der Waals surface area contributed by atoms with Gasteiger partial charge < -0.3 is 19.2 Å². The normalized spacial score (nSPS) is 10.6. The summed E-state index contributed by atoms with van der Waals surface area (Å²) in [5, 5.41) is 8.65. The van der Waals surface area contributed by atoms with Crippen LogP contribution in [0, 0.1) is 6.92 Å². The van der Waals surface area contributed by atoms with Crippen molar-refractivity contribution >= 4 is 22.9 Å². The van der Waals surface area contributed by atoms with Crippen LogP contribution in [0.2, 0.25) is 0 Å². The SMILES string of the molecule is COc1cc(C)c(NC(=O)Cn2nc(-c3cccs3)oc2=O)cc1OC. The van der Waals surface area contributed by atoms with Gasteiger partial charge in [-0.15, -0.1) is 16.4 Å². The second-order valence-electron chi connectivity index (χ2n) is 5.38. The van der Waals surface area contributed by atoms with E-state index in [0.717, 1.165) is 15.1 Å². The van der Waals surface area contributed by atoms with Crippen molar-refractivity contribution in [3.05, 3.63) is 45.8 Å². The molecule has 136 valence electrons. The molecule has 0 aliphatic heterocycles. The second kappa shape index (κ2) is 7.44. The summed E-state index contributed by atoms with van der Waals surface area (Å²) in [6.45, 7) is 1.57. The smallest absolute Gasteiger partial charge is 0.437 e. The monoisotopic (exact) mass is 375 g/mol. The largest absolute Gasteiger partial charge is 0.493 e. The van der Waals surface area contributed by atoms with Crippen molar-refractivity contribution in [2.45, 2.75) is 13.5 Å². The Hall–Kier alpha value is -3.07. The van der Waals surface area contributed by atoms with Gasteiger partial charge in [-0.25, -0.2) is 4.79 Å². The summed E-state index contributed by atoms with van der Waals surface area (Å²) in [7, 11) is 3.05. The summed E-state index contributed by atoms with van der Waals surface area (Å²) < 4.78 is 16.5. The third kappa shape index (κ3) is 3.62. The van der Waals surface area contributed by atoms with Crippen LogP contribution in [0.25, 0.3) is 10.8 Å². The molecular formula is C17H17N3O5S. The Balaban J connectivity index is 1.77. The van der Waals surface area contributed by atoms with E-state index in [1.165, 1.54) is 25.6 Å². The first-order valence-corrected chi connectivity index (χ1v) is 8.54. The molecule has 1 aromatic carbocycles. The highest BCUT2D eigenvalue weighted by Gasteiger charge is 2.15. The molecule has 1 N–H and O–H groups in total. The molecule has 26 heavy (non-hydrogen) atoms. The maximum Gasteiger partial charge on any atom is 0.437 e. The van der Waals surface area contributed by atoms with Crippen molar-refractivity contribution in [3.8, 4) is 22.3 Å². The van der Waals surface area contributed by atoms with Gasteiger partial charge in [0.2, 0.25) is 5.91 Å². The number of anilines is 1. The van der Waals surface area contributed by atoms with Gasteiger partial charge in [0.05, 0.1) is 19.1 Å². The predicted molar refractivity (Wildman–Crippen MR) is 97.0 cm³/mol. The Morgan fingerprint density at radius 2 is 2.04 bits per heavy atom. The van der Waals surface area contributed by atoms with E-state index in [0.29, 0.717) is 17.2 Å². The minimum atomic E-state index is -0.687. The standard InChI is InChI=1S/C17H17N3O5S/c1-10-7-12(23-2)13(24-3)8-11(10)18-15(21)9-20-17(22)25-16(19-20)14-5-4-6-26-14/h4-8H,9H2,1-3H3,(H,18,21). The number of carbonyl (C=O) groups excluding carboxylic acids is 1. The number of hydrogen-bond acceptors (Lipinski definition) is 7. The topological polar surface area (TPSA) is 95.6 Å². The van der Waals surface area contributed by atoms with E-state index in [4.69, 9.17) is 13.9 Å². The molecular weight excluding hydrogens is 358 g/mol. The van der Waals surface area contributed by atoms with E-state index in [-0.39, 0.29) is 12.4 Å². The number of aryl methyl sites for hydroxylation is 1. The molecule has 0 saturated heterocycles.